The molecule has 190 valence electrons. The molecule has 0 unspecified atom stereocenters. The maximum Gasteiger partial charge on any atom is 0.285 e. The molecule has 1 heterocycles. The summed E-state index contributed by atoms with van der Waals surface area (Å²) in [5.74, 6) is -0.665. The van der Waals surface area contributed by atoms with Gasteiger partial charge in [0.15, 0.2) is 15.8 Å². The molecule has 0 atom stereocenters. The zero-order valence-electron chi connectivity index (χ0n) is 19.5. The Hall–Kier alpha value is -2.92. The molecule has 0 radical (unpaired) electrons. The number of hydrogen-bond acceptors (Lipinski definition) is 6. The number of methoxy groups -OCH3 is 1. The first-order chi connectivity index (χ1) is 17.7. The van der Waals surface area contributed by atoms with Crippen molar-refractivity contribution in [2.45, 2.75) is 13.5 Å². The minimum Gasteiger partial charge on any atom is -0.493 e. The van der Waals surface area contributed by atoms with Crippen LogP contribution in [0.1, 0.15) is 27.0 Å². The monoisotopic (exact) mass is 620 g/mol. The van der Waals surface area contributed by atoms with Crippen LogP contribution in [0.2, 0.25) is 5.02 Å². The molecular formula is C26H19BrClFN2O4S2. The van der Waals surface area contributed by atoms with E-state index in [-0.39, 0.29) is 21.5 Å². The highest BCUT2D eigenvalue weighted by atomic mass is 79.9. The van der Waals surface area contributed by atoms with Gasteiger partial charge in [-0.15, -0.1) is 0 Å². The molecule has 11 heteroatoms. The second-order valence-corrected chi connectivity index (χ2v) is 10.7. The van der Waals surface area contributed by atoms with Crippen LogP contribution in [0.25, 0.3) is 6.08 Å². The van der Waals surface area contributed by atoms with Crippen molar-refractivity contribution in [2.24, 2.45) is 0 Å². The van der Waals surface area contributed by atoms with Gasteiger partial charge in [0, 0.05) is 11.1 Å². The first-order valence-electron chi connectivity index (χ1n) is 10.8. The van der Waals surface area contributed by atoms with Crippen LogP contribution in [-0.4, -0.2) is 28.3 Å². The maximum absolute atomic E-state index is 14.1. The fourth-order valence-electron chi connectivity index (χ4n) is 3.48. The largest absolute Gasteiger partial charge is 0.493 e. The number of hydrazine groups is 1. The number of carbonyl (C=O) groups is 2. The number of benzene rings is 3. The van der Waals surface area contributed by atoms with Gasteiger partial charge in [0.05, 0.1) is 21.5 Å². The Morgan fingerprint density at radius 1 is 1.24 bits per heavy atom. The standard InChI is InChI=1S/C26H19BrClFN2O4S2/c1-14-6-3-4-7-16(14)24(32)30-31-25(33)22(37-26(31)36)12-15-10-18(27)23(21(11-15)34-2)35-13-17-19(28)8-5-9-20(17)29/h3-12H,13H2,1-2H3,(H,30,32)/b22-12+. The van der Waals surface area contributed by atoms with Crippen LogP contribution in [-0.2, 0) is 11.4 Å². The molecule has 37 heavy (non-hydrogen) atoms. The lowest BCUT2D eigenvalue weighted by molar-refractivity contribution is -0.123. The zero-order valence-corrected chi connectivity index (χ0v) is 23.5. The molecule has 1 aliphatic heterocycles. The van der Waals surface area contributed by atoms with Gasteiger partial charge in [-0.1, -0.05) is 47.6 Å². The lowest BCUT2D eigenvalue weighted by Crippen LogP contribution is -2.45. The Morgan fingerprint density at radius 2 is 2.00 bits per heavy atom. The Balaban J connectivity index is 1.54. The van der Waals surface area contributed by atoms with Crippen LogP contribution in [0.15, 0.2) is 64.0 Å². The van der Waals surface area contributed by atoms with Gasteiger partial charge in [0.1, 0.15) is 12.4 Å². The van der Waals surface area contributed by atoms with E-state index < -0.39 is 17.6 Å². The summed E-state index contributed by atoms with van der Waals surface area (Å²) in [5.41, 5.74) is 4.64. The highest BCUT2D eigenvalue weighted by Gasteiger charge is 2.34. The van der Waals surface area contributed by atoms with Gasteiger partial charge < -0.3 is 9.47 Å². The molecule has 0 aromatic heterocycles. The van der Waals surface area contributed by atoms with Gasteiger partial charge in [0.25, 0.3) is 11.8 Å². The summed E-state index contributed by atoms with van der Waals surface area (Å²) in [6, 6.07) is 14.8. The molecule has 4 rings (SSSR count). The van der Waals surface area contributed by atoms with E-state index in [9.17, 15) is 14.0 Å². The molecule has 6 nitrogen and oxygen atoms in total. The number of nitrogens with one attached hydrogen (secondary N) is 1. The van der Waals surface area contributed by atoms with E-state index in [1.54, 1.807) is 36.4 Å². The highest BCUT2D eigenvalue weighted by Crippen LogP contribution is 2.39. The number of thioether (sulfide) groups is 1. The van der Waals surface area contributed by atoms with E-state index in [1.807, 2.05) is 19.1 Å². The van der Waals surface area contributed by atoms with E-state index in [4.69, 9.17) is 33.3 Å². The molecule has 1 N–H and O–H groups in total. The molecule has 3 aromatic rings. The van der Waals surface area contributed by atoms with Crippen molar-refractivity contribution in [3.63, 3.8) is 0 Å². The molecule has 1 aliphatic rings. The first-order valence-corrected chi connectivity index (χ1v) is 13.2. The highest BCUT2D eigenvalue weighted by molar-refractivity contribution is 9.10. The summed E-state index contributed by atoms with van der Waals surface area (Å²) in [4.78, 5) is 26.0. The van der Waals surface area contributed by atoms with Gasteiger partial charge in [0.2, 0.25) is 0 Å². The third-order valence-electron chi connectivity index (χ3n) is 5.37. The third kappa shape index (κ3) is 5.98. The van der Waals surface area contributed by atoms with E-state index >= 15 is 0 Å². The Morgan fingerprint density at radius 3 is 2.70 bits per heavy atom. The van der Waals surface area contributed by atoms with E-state index in [0.29, 0.717) is 32.0 Å². The molecule has 3 aromatic carbocycles. The molecule has 0 spiro atoms. The molecule has 2 amide bonds. The molecule has 1 fully saturated rings. The number of carbonyl (C=O) groups excluding carboxylic acids is 2. The Bertz CT molecular complexity index is 1430. The fraction of sp³-hybridized carbons (Fsp3) is 0.115. The molecular weight excluding hydrogens is 603 g/mol. The van der Waals surface area contributed by atoms with Gasteiger partial charge in [-0.3, -0.25) is 15.0 Å². The molecule has 1 saturated heterocycles. The van der Waals surface area contributed by atoms with Crippen LogP contribution in [0.3, 0.4) is 0 Å². The average Bonchev–Trinajstić information content (AvgIpc) is 3.11. The number of halogens is 3. The number of aryl methyl sites for hydroxylation is 1. The predicted molar refractivity (Wildman–Crippen MR) is 150 cm³/mol. The Kier molecular flexibility index (Phi) is 8.53. The smallest absolute Gasteiger partial charge is 0.285 e. The fourth-order valence-corrected chi connectivity index (χ4v) is 5.45. The van der Waals surface area contributed by atoms with Crippen molar-refractivity contribution in [3.05, 3.63) is 97.1 Å². The van der Waals surface area contributed by atoms with Crippen LogP contribution < -0.4 is 14.9 Å². The third-order valence-corrected chi connectivity index (χ3v) is 7.61. The number of thiocarbonyl (C=S) groups is 1. The van der Waals surface area contributed by atoms with Crippen LogP contribution >= 0.6 is 51.5 Å². The van der Waals surface area contributed by atoms with Crippen molar-refractivity contribution in [2.75, 3.05) is 7.11 Å². The van der Waals surface area contributed by atoms with Gasteiger partial charge in [-0.2, -0.15) is 5.01 Å². The number of nitrogens with zero attached hydrogens (tertiary/aromatic N) is 1. The van der Waals surface area contributed by atoms with Crippen molar-refractivity contribution in [1.29, 1.82) is 0 Å². The molecule has 0 aliphatic carbocycles. The maximum atomic E-state index is 14.1. The number of amides is 2. The predicted octanol–water partition coefficient (Wildman–Crippen LogP) is 6.68. The van der Waals surface area contributed by atoms with Gasteiger partial charge in [-0.05, 0) is 82.6 Å². The lowest BCUT2D eigenvalue weighted by Gasteiger charge is -2.16. The second-order valence-electron chi connectivity index (χ2n) is 7.80. The van der Waals surface area contributed by atoms with Crippen LogP contribution in [0.4, 0.5) is 4.39 Å². The second kappa shape index (κ2) is 11.6. The molecule has 0 saturated carbocycles. The van der Waals surface area contributed by atoms with Crippen molar-refractivity contribution < 1.29 is 23.5 Å². The van der Waals surface area contributed by atoms with E-state index in [2.05, 4.69) is 21.4 Å². The summed E-state index contributed by atoms with van der Waals surface area (Å²) >= 11 is 15.9. The van der Waals surface area contributed by atoms with Gasteiger partial charge >= 0.3 is 0 Å². The van der Waals surface area contributed by atoms with Crippen LogP contribution in [0.5, 0.6) is 11.5 Å². The number of hydrogen-bond donors (Lipinski definition) is 1. The van der Waals surface area contributed by atoms with Crippen molar-refractivity contribution in [3.8, 4) is 11.5 Å². The number of ether oxygens (including phenoxy) is 2. The summed E-state index contributed by atoms with van der Waals surface area (Å²) in [7, 11) is 1.47. The first kappa shape index (κ1) is 27.1. The van der Waals surface area contributed by atoms with E-state index in [1.165, 1.54) is 19.2 Å². The summed E-state index contributed by atoms with van der Waals surface area (Å²) < 4.78 is 26.1. The topological polar surface area (TPSA) is 67.9 Å². The quantitative estimate of drug-likeness (QED) is 0.234. The molecule has 0 bridgehead atoms. The minimum absolute atomic E-state index is 0.112. The minimum atomic E-state index is -0.476. The summed E-state index contributed by atoms with van der Waals surface area (Å²) in [6.07, 6.45) is 1.63. The zero-order chi connectivity index (χ0) is 26.7. The Labute approximate surface area is 235 Å². The van der Waals surface area contributed by atoms with Gasteiger partial charge in [-0.25, -0.2) is 4.39 Å². The average molecular weight is 622 g/mol. The summed E-state index contributed by atoms with van der Waals surface area (Å²) in [6.45, 7) is 1.70. The van der Waals surface area contributed by atoms with E-state index in [0.717, 1.165) is 22.3 Å². The van der Waals surface area contributed by atoms with Crippen molar-refractivity contribution in [1.82, 2.24) is 10.4 Å². The number of rotatable bonds is 7. The van der Waals surface area contributed by atoms with Crippen LogP contribution in [0, 0.1) is 12.7 Å². The normalized spacial score (nSPS) is 14.3. The SMILES string of the molecule is COc1cc(/C=C2/SC(=S)N(NC(=O)c3ccccc3C)C2=O)cc(Br)c1OCc1c(F)cccc1Cl. The lowest BCUT2D eigenvalue weighted by atomic mass is 10.1. The van der Waals surface area contributed by atoms with Crippen molar-refractivity contribution >= 4 is 73.7 Å². The summed E-state index contributed by atoms with van der Waals surface area (Å²) in [5, 5.41) is 1.31.